The van der Waals surface area contributed by atoms with E-state index in [0.717, 1.165) is 42.9 Å². The van der Waals surface area contributed by atoms with Crippen LogP contribution in [0.2, 0.25) is 0 Å². The van der Waals surface area contributed by atoms with Crippen molar-refractivity contribution in [2.75, 3.05) is 23.7 Å². The molecule has 1 saturated heterocycles. The molecule has 2 amide bonds. The molecule has 0 bridgehead atoms. The molecule has 114 valence electrons. The van der Waals surface area contributed by atoms with Crippen molar-refractivity contribution < 1.29 is 9.59 Å². The summed E-state index contributed by atoms with van der Waals surface area (Å²) in [6.45, 7) is 5.44. The second-order valence-electron chi connectivity index (χ2n) is 5.41. The molecule has 1 atom stereocenters. The van der Waals surface area contributed by atoms with Gasteiger partial charge in [0.1, 0.15) is 0 Å². The molecule has 3 N–H and O–H groups in total. The third-order valence-electron chi connectivity index (χ3n) is 3.85. The summed E-state index contributed by atoms with van der Waals surface area (Å²) in [4.78, 5) is 23.8. The molecule has 1 aromatic carbocycles. The van der Waals surface area contributed by atoms with Crippen molar-refractivity contribution in [2.45, 2.75) is 33.1 Å². The Labute approximate surface area is 125 Å². The van der Waals surface area contributed by atoms with E-state index in [-0.39, 0.29) is 17.7 Å². The number of hydrogen-bond acceptors (Lipinski definition) is 3. The lowest BCUT2D eigenvalue weighted by molar-refractivity contribution is -0.120. The van der Waals surface area contributed by atoms with Crippen LogP contribution in [0.1, 0.15) is 31.7 Å². The molecule has 0 spiro atoms. The normalized spacial score (nSPS) is 18.1. The first-order valence-electron chi connectivity index (χ1n) is 7.53. The van der Waals surface area contributed by atoms with Crippen LogP contribution in [0, 0.1) is 12.8 Å². The van der Waals surface area contributed by atoms with Crippen molar-refractivity contribution in [1.29, 1.82) is 0 Å². The standard InChI is InChI=1S/C16H23N3O2/c1-3-15(20)18-13-7-4-8-14(11(13)2)19-16(21)12-6-5-9-17-10-12/h4,7-8,12,17H,3,5-6,9-10H2,1-2H3,(H,18,20)(H,19,21). The molecule has 1 aliphatic rings. The van der Waals surface area contributed by atoms with E-state index in [0.29, 0.717) is 6.42 Å². The number of amides is 2. The summed E-state index contributed by atoms with van der Waals surface area (Å²) in [6, 6.07) is 5.55. The number of rotatable bonds is 4. The topological polar surface area (TPSA) is 70.2 Å². The van der Waals surface area contributed by atoms with Gasteiger partial charge in [0, 0.05) is 24.3 Å². The minimum Gasteiger partial charge on any atom is -0.326 e. The third-order valence-corrected chi connectivity index (χ3v) is 3.85. The Morgan fingerprint density at radius 1 is 1.29 bits per heavy atom. The highest BCUT2D eigenvalue weighted by atomic mass is 16.2. The fraction of sp³-hybridized carbons (Fsp3) is 0.500. The minimum atomic E-state index is -0.0296. The first-order valence-corrected chi connectivity index (χ1v) is 7.53. The van der Waals surface area contributed by atoms with Crippen LogP contribution < -0.4 is 16.0 Å². The number of nitrogens with one attached hydrogen (secondary N) is 3. The van der Waals surface area contributed by atoms with E-state index in [1.807, 2.05) is 32.0 Å². The second kappa shape index (κ2) is 7.22. The number of benzene rings is 1. The highest BCUT2D eigenvalue weighted by Gasteiger charge is 2.21. The molecular weight excluding hydrogens is 266 g/mol. The van der Waals surface area contributed by atoms with Gasteiger partial charge in [0.2, 0.25) is 11.8 Å². The van der Waals surface area contributed by atoms with Crippen LogP contribution in [0.3, 0.4) is 0 Å². The van der Waals surface area contributed by atoms with Gasteiger partial charge in [-0.05, 0) is 44.0 Å². The first kappa shape index (κ1) is 15.5. The summed E-state index contributed by atoms with van der Waals surface area (Å²) in [7, 11) is 0. The quantitative estimate of drug-likeness (QED) is 0.796. The van der Waals surface area contributed by atoms with Crippen molar-refractivity contribution in [3.05, 3.63) is 23.8 Å². The molecule has 1 aliphatic heterocycles. The number of carbonyl (C=O) groups excluding carboxylic acids is 2. The smallest absolute Gasteiger partial charge is 0.228 e. The molecule has 5 nitrogen and oxygen atoms in total. The van der Waals surface area contributed by atoms with E-state index < -0.39 is 0 Å². The average Bonchev–Trinajstić information content (AvgIpc) is 2.52. The Hall–Kier alpha value is -1.88. The zero-order chi connectivity index (χ0) is 15.2. The molecule has 0 saturated carbocycles. The second-order valence-corrected chi connectivity index (χ2v) is 5.41. The zero-order valence-corrected chi connectivity index (χ0v) is 12.7. The molecule has 21 heavy (non-hydrogen) atoms. The summed E-state index contributed by atoms with van der Waals surface area (Å²) in [6.07, 6.45) is 2.39. The first-order chi connectivity index (χ1) is 10.1. The van der Waals surface area contributed by atoms with E-state index >= 15 is 0 Å². The Balaban J connectivity index is 2.07. The fourth-order valence-corrected chi connectivity index (χ4v) is 2.46. The predicted molar refractivity (Wildman–Crippen MR) is 84.3 cm³/mol. The van der Waals surface area contributed by atoms with Crippen molar-refractivity contribution in [2.24, 2.45) is 5.92 Å². The van der Waals surface area contributed by atoms with Gasteiger partial charge in [0.25, 0.3) is 0 Å². The fourth-order valence-electron chi connectivity index (χ4n) is 2.46. The van der Waals surface area contributed by atoms with E-state index in [1.54, 1.807) is 0 Å². The molecule has 1 aromatic rings. The number of piperidine rings is 1. The van der Waals surface area contributed by atoms with Crippen LogP contribution in [0.4, 0.5) is 11.4 Å². The van der Waals surface area contributed by atoms with Crippen LogP contribution in [0.15, 0.2) is 18.2 Å². The lowest BCUT2D eigenvalue weighted by Gasteiger charge is -2.22. The van der Waals surface area contributed by atoms with E-state index in [1.165, 1.54) is 0 Å². The lowest BCUT2D eigenvalue weighted by Crippen LogP contribution is -2.37. The predicted octanol–water partition coefficient (Wildman–Crippen LogP) is 2.28. The van der Waals surface area contributed by atoms with Crippen molar-refractivity contribution in [1.82, 2.24) is 5.32 Å². The summed E-state index contributed by atoms with van der Waals surface area (Å²) in [5.41, 5.74) is 2.40. The minimum absolute atomic E-state index is 0.0204. The van der Waals surface area contributed by atoms with Gasteiger partial charge in [-0.1, -0.05) is 13.0 Å². The van der Waals surface area contributed by atoms with E-state index in [9.17, 15) is 9.59 Å². The summed E-state index contributed by atoms with van der Waals surface area (Å²) in [5, 5.41) is 9.08. The van der Waals surface area contributed by atoms with Crippen LogP contribution >= 0.6 is 0 Å². The molecular formula is C16H23N3O2. The zero-order valence-electron chi connectivity index (χ0n) is 12.7. The van der Waals surface area contributed by atoms with Gasteiger partial charge in [0.15, 0.2) is 0 Å². The number of anilines is 2. The van der Waals surface area contributed by atoms with Gasteiger partial charge in [-0.3, -0.25) is 9.59 Å². The Kier molecular flexibility index (Phi) is 5.33. The van der Waals surface area contributed by atoms with Gasteiger partial charge in [-0.2, -0.15) is 0 Å². The Morgan fingerprint density at radius 3 is 2.62 bits per heavy atom. The molecule has 1 unspecified atom stereocenters. The maximum atomic E-state index is 12.3. The van der Waals surface area contributed by atoms with Crippen molar-refractivity contribution in [3.8, 4) is 0 Å². The summed E-state index contributed by atoms with van der Waals surface area (Å²) >= 11 is 0. The van der Waals surface area contributed by atoms with E-state index in [2.05, 4.69) is 16.0 Å². The highest BCUT2D eigenvalue weighted by molar-refractivity contribution is 5.96. The van der Waals surface area contributed by atoms with Gasteiger partial charge in [0.05, 0.1) is 5.92 Å². The van der Waals surface area contributed by atoms with Gasteiger partial charge >= 0.3 is 0 Å². The van der Waals surface area contributed by atoms with Gasteiger partial charge in [-0.25, -0.2) is 0 Å². The van der Waals surface area contributed by atoms with E-state index in [4.69, 9.17) is 0 Å². The highest BCUT2D eigenvalue weighted by Crippen LogP contribution is 2.24. The maximum Gasteiger partial charge on any atom is 0.228 e. The molecule has 0 radical (unpaired) electrons. The Morgan fingerprint density at radius 2 is 2.00 bits per heavy atom. The van der Waals surface area contributed by atoms with Crippen molar-refractivity contribution in [3.63, 3.8) is 0 Å². The van der Waals surface area contributed by atoms with Crippen LogP contribution in [0.25, 0.3) is 0 Å². The van der Waals surface area contributed by atoms with Gasteiger partial charge in [-0.15, -0.1) is 0 Å². The maximum absolute atomic E-state index is 12.3. The molecule has 1 heterocycles. The Bertz CT molecular complexity index is 522. The largest absolute Gasteiger partial charge is 0.326 e. The van der Waals surface area contributed by atoms with Crippen LogP contribution in [-0.4, -0.2) is 24.9 Å². The SMILES string of the molecule is CCC(=O)Nc1cccc(NC(=O)C2CCCNC2)c1C. The third kappa shape index (κ3) is 4.04. The molecule has 0 aromatic heterocycles. The van der Waals surface area contributed by atoms with Crippen LogP contribution in [0.5, 0.6) is 0 Å². The van der Waals surface area contributed by atoms with Crippen LogP contribution in [-0.2, 0) is 9.59 Å². The van der Waals surface area contributed by atoms with Crippen molar-refractivity contribution >= 4 is 23.2 Å². The number of hydrogen-bond donors (Lipinski definition) is 3. The number of carbonyl (C=O) groups is 2. The molecule has 2 rings (SSSR count). The van der Waals surface area contributed by atoms with Gasteiger partial charge < -0.3 is 16.0 Å². The average molecular weight is 289 g/mol. The monoisotopic (exact) mass is 289 g/mol. The summed E-state index contributed by atoms with van der Waals surface area (Å²) < 4.78 is 0. The molecule has 5 heteroatoms. The summed E-state index contributed by atoms with van der Waals surface area (Å²) in [5.74, 6) is 0.0364. The molecule has 0 aliphatic carbocycles. The molecule has 1 fully saturated rings. The lowest BCUT2D eigenvalue weighted by atomic mass is 9.98.